The zero-order chi connectivity index (χ0) is 13.1. The van der Waals surface area contributed by atoms with E-state index in [1.54, 1.807) is 12.1 Å². The van der Waals surface area contributed by atoms with E-state index in [1.165, 1.54) is 18.2 Å². The molecule has 0 aliphatic rings. The van der Waals surface area contributed by atoms with E-state index in [0.29, 0.717) is 17.1 Å². The van der Waals surface area contributed by atoms with E-state index in [-0.39, 0.29) is 11.3 Å². The Hall–Kier alpha value is -2.74. The van der Waals surface area contributed by atoms with Crippen LogP contribution in [0.4, 0.5) is 15.8 Å². The standard InChI is InChI=1S/C13H10FN3O/c14-10-5-8(7-15)1-4-13(10)18-9-2-3-11(16)12(17)6-9/h1-6H,16-17H2. The quantitative estimate of drug-likeness (QED) is 0.794. The van der Waals surface area contributed by atoms with Crippen LogP contribution in [0.3, 0.4) is 0 Å². The first-order valence-electron chi connectivity index (χ1n) is 5.12. The van der Waals surface area contributed by atoms with Gasteiger partial charge in [-0.1, -0.05) is 0 Å². The molecule has 0 unspecified atom stereocenters. The van der Waals surface area contributed by atoms with Crippen LogP contribution in [-0.4, -0.2) is 0 Å². The first-order valence-corrected chi connectivity index (χ1v) is 5.12. The molecule has 5 heteroatoms. The molecule has 0 heterocycles. The smallest absolute Gasteiger partial charge is 0.167 e. The molecule has 0 saturated heterocycles. The van der Waals surface area contributed by atoms with Crippen LogP contribution in [0, 0.1) is 17.1 Å². The van der Waals surface area contributed by atoms with Crippen LogP contribution in [0.15, 0.2) is 36.4 Å². The predicted molar refractivity (Wildman–Crippen MR) is 66.5 cm³/mol. The Labute approximate surface area is 103 Å². The number of anilines is 2. The number of nitrogens with two attached hydrogens (primary N) is 2. The molecule has 0 aromatic heterocycles. The second-order valence-corrected chi connectivity index (χ2v) is 3.65. The zero-order valence-electron chi connectivity index (χ0n) is 9.35. The van der Waals surface area contributed by atoms with Crippen molar-refractivity contribution in [2.45, 2.75) is 0 Å². The molecule has 0 radical (unpaired) electrons. The molecule has 0 saturated carbocycles. The van der Waals surface area contributed by atoms with Crippen LogP contribution in [0.25, 0.3) is 0 Å². The lowest BCUT2D eigenvalue weighted by atomic mass is 10.2. The minimum absolute atomic E-state index is 0.0261. The molecule has 0 bridgehead atoms. The number of nitrogen functional groups attached to an aromatic ring is 2. The molecule has 0 aliphatic heterocycles. The SMILES string of the molecule is N#Cc1ccc(Oc2ccc(N)c(N)c2)c(F)c1. The van der Waals surface area contributed by atoms with Crippen LogP contribution >= 0.6 is 0 Å². The lowest BCUT2D eigenvalue weighted by Crippen LogP contribution is -1.95. The molecule has 0 fully saturated rings. The summed E-state index contributed by atoms with van der Waals surface area (Å²) in [7, 11) is 0. The Bertz CT molecular complexity index is 635. The molecule has 2 aromatic rings. The average Bonchev–Trinajstić information content (AvgIpc) is 2.36. The normalized spacial score (nSPS) is 9.78. The molecular formula is C13H10FN3O. The Morgan fingerprint density at radius 1 is 1.06 bits per heavy atom. The minimum atomic E-state index is -0.607. The van der Waals surface area contributed by atoms with E-state index in [0.717, 1.165) is 6.07 Å². The third-order valence-electron chi connectivity index (χ3n) is 2.35. The number of nitrogens with zero attached hydrogens (tertiary/aromatic N) is 1. The number of rotatable bonds is 2. The fraction of sp³-hybridized carbons (Fsp3) is 0. The van der Waals surface area contributed by atoms with Crippen molar-refractivity contribution < 1.29 is 9.13 Å². The largest absolute Gasteiger partial charge is 0.454 e. The summed E-state index contributed by atoms with van der Waals surface area (Å²) in [5.74, 6) is -0.201. The highest BCUT2D eigenvalue weighted by atomic mass is 19.1. The Morgan fingerprint density at radius 2 is 1.83 bits per heavy atom. The van der Waals surface area contributed by atoms with Gasteiger partial charge in [0.1, 0.15) is 5.75 Å². The Kier molecular flexibility index (Phi) is 3.02. The summed E-state index contributed by atoms with van der Waals surface area (Å²) in [6, 6.07) is 10.5. The first kappa shape index (κ1) is 11.7. The van der Waals surface area contributed by atoms with Crippen LogP contribution in [0.1, 0.15) is 5.56 Å². The van der Waals surface area contributed by atoms with Crippen molar-refractivity contribution in [3.63, 3.8) is 0 Å². The van der Waals surface area contributed by atoms with Crippen molar-refractivity contribution in [1.29, 1.82) is 5.26 Å². The molecule has 0 atom stereocenters. The fourth-order valence-electron chi connectivity index (χ4n) is 1.40. The minimum Gasteiger partial charge on any atom is -0.454 e. The Morgan fingerprint density at radius 3 is 2.44 bits per heavy atom. The lowest BCUT2D eigenvalue weighted by molar-refractivity contribution is 0.442. The first-order chi connectivity index (χ1) is 8.60. The maximum Gasteiger partial charge on any atom is 0.167 e. The summed E-state index contributed by atoms with van der Waals surface area (Å²) >= 11 is 0. The van der Waals surface area contributed by atoms with Crippen molar-refractivity contribution in [3.8, 4) is 17.6 Å². The Balaban J connectivity index is 2.29. The van der Waals surface area contributed by atoms with Crippen molar-refractivity contribution in [3.05, 3.63) is 47.8 Å². The number of benzene rings is 2. The van der Waals surface area contributed by atoms with Gasteiger partial charge in [-0.2, -0.15) is 5.26 Å². The van der Waals surface area contributed by atoms with Gasteiger partial charge in [-0.25, -0.2) is 4.39 Å². The summed E-state index contributed by atoms with van der Waals surface area (Å²) in [5, 5.41) is 8.62. The number of ether oxygens (including phenoxy) is 1. The topological polar surface area (TPSA) is 85.1 Å². The van der Waals surface area contributed by atoms with Gasteiger partial charge in [0.25, 0.3) is 0 Å². The second-order valence-electron chi connectivity index (χ2n) is 3.65. The van der Waals surface area contributed by atoms with E-state index in [9.17, 15) is 4.39 Å². The monoisotopic (exact) mass is 243 g/mol. The van der Waals surface area contributed by atoms with Crippen LogP contribution in [-0.2, 0) is 0 Å². The van der Waals surface area contributed by atoms with Crippen LogP contribution in [0.5, 0.6) is 11.5 Å². The number of hydrogen-bond acceptors (Lipinski definition) is 4. The summed E-state index contributed by atoms with van der Waals surface area (Å²) in [6.07, 6.45) is 0. The van der Waals surface area contributed by atoms with E-state index in [4.69, 9.17) is 21.5 Å². The van der Waals surface area contributed by atoms with Crippen molar-refractivity contribution in [2.24, 2.45) is 0 Å². The maximum atomic E-state index is 13.6. The van der Waals surface area contributed by atoms with Gasteiger partial charge in [-0.15, -0.1) is 0 Å². The fourth-order valence-corrected chi connectivity index (χ4v) is 1.40. The van der Waals surface area contributed by atoms with Crippen molar-refractivity contribution in [2.75, 3.05) is 11.5 Å². The highest BCUT2D eigenvalue weighted by Gasteiger charge is 2.07. The highest BCUT2D eigenvalue weighted by Crippen LogP contribution is 2.28. The number of nitriles is 1. The molecule has 0 spiro atoms. The number of halogens is 1. The van der Waals surface area contributed by atoms with Gasteiger partial charge < -0.3 is 16.2 Å². The van der Waals surface area contributed by atoms with E-state index in [1.807, 2.05) is 6.07 Å². The van der Waals surface area contributed by atoms with Gasteiger partial charge >= 0.3 is 0 Å². The van der Waals surface area contributed by atoms with E-state index < -0.39 is 5.82 Å². The highest BCUT2D eigenvalue weighted by molar-refractivity contribution is 5.65. The maximum absolute atomic E-state index is 13.6. The molecule has 18 heavy (non-hydrogen) atoms. The summed E-state index contributed by atoms with van der Waals surface area (Å²) < 4.78 is 18.9. The summed E-state index contributed by atoms with van der Waals surface area (Å²) in [4.78, 5) is 0. The molecular weight excluding hydrogens is 233 g/mol. The van der Waals surface area contributed by atoms with Crippen molar-refractivity contribution >= 4 is 11.4 Å². The van der Waals surface area contributed by atoms with E-state index in [2.05, 4.69) is 0 Å². The number of hydrogen-bond donors (Lipinski definition) is 2. The lowest BCUT2D eigenvalue weighted by Gasteiger charge is -2.08. The molecule has 2 rings (SSSR count). The molecule has 0 aliphatic carbocycles. The van der Waals surface area contributed by atoms with Gasteiger partial charge in [0.05, 0.1) is 23.0 Å². The summed E-state index contributed by atoms with van der Waals surface area (Å²) in [6.45, 7) is 0. The third-order valence-corrected chi connectivity index (χ3v) is 2.35. The molecule has 4 nitrogen and oxygen atoms in total. The van der Waals surface area contributed by atoms with Crippen LogP contribution in [0.2, 0.25) is 0 Å². The molecule has 0 amide bonds. The van der Waals surface area contributed by atoms with E-state index >= 15 is 0 Å². The van der Waals surface area contributed by atoms with Crippen molar-refractivity contribution in [1.82, 2.24) is 0 Å². The third kappa shape index (κ3) is 2.33. The predicted octanol–water partition coefficient (Wildman–Crippen LogP) is 2.65. The molecule has 4 N–H and O–H groups in total. The van der Waals surface area contributed by atoms with Gasteiger partial charge in [0.15, 0.2) is 11.6 Å². The van der Waals surface area contributed by atoms with Gasteiger partial charge in [-0.3, -0.25) is 0 Å². The molecule has 2 aromatic carbocycles. The van der Waals surface area contributed by atoms with Gasteiger partial charge in [0.2, 0.25) is 0 Å². The molecule has 90 valence electrons. The zero-order valence-corrected chi connectivity index (χ0v) is 9.35. The van der Waals surface area contributed by atoms with Gasteiger partial charge in [-0.05, 0) is 30.3 Å². The van der Waals surface area contributed by atoms with Crippen LogP contribution < -0.4 is 16.2 Å². The summed E-state index contributed by atoms with van der Waals surface area (Å²) in [5.41, 5.74) is 12.2. The second kappa shape index (κ2) is 4.63. The average molecular weight is 243 g/mol. The van der Waals surface area contributed by atoms with Gasteiger partial charge in [0, 0.05) is 6.07 Å².